The Labute approximate surface area is 121 Å². The van der Waals surface area contributed by atoms with Gasteiger partial charge in [0.25, 0.3) is 0 Å². The highest BCUT2D eigenvalue weighted by molar-refractivity contribution is 5.01. The summed E-state index contributed by atoms with van der Waals surface area (Å²) in [6.45, 7) is 18.5. The fraction of sp³-hybridized carbons (Fsp3) is 1.00. The lowest BCUT2D eigenvalue weighted by Crippen LogP contribution is -2.55. The Hall–Kier alpha value is -0.0400. The molecule has 0 aromatic carbocycles. The van der Waals surface area contributed by atoms with Crippen LogP contribution in [0.15, 0.2) is 0 Å². The minimum atomic E-state index is 0.944. The number of fused-ring (bicyclic) bond motifs is 3. The average molecular weight is 265 g/mol. The standard InChI is InChI=1S/C18H35N/c1-7-15-13(5)16-10-12(4)18(15)17(14(16)6)11-19(8-2)9-3/h12-18H,7-11H2,1-6H3. The summed E-state index contributed by atoms with van der Waals surface area (Å²) in [5.41, 5.74) is 0. The van der Waals surface area contributed by atoms with Gasteiger partial charge in [-0.1, -0.05) is 48.0 Å². The van der Waals surface area contributed by atoms with Crippen molar-refractivity contribution in [3.05, 3.63) is 0 Å². The normalized spacial score (nSPS) is 45.9. The molecule has 3 saturated carbocycles. The lowest BCUT2D eigenvalue weighted by molar-refractivity contribution is -0.105. The molecule has 1 nitrogen and oxygen atoms in total. The van der Waals surface area contributed by atoms with E-state index >= 15 is 0 Å². The molecule has 3 aliphatic rings. The van der Waals surface area contributed by atoms with Gasteiger partial charge in [0.05, 0.1) is 0 Å². The van der Waals surface area contributed by atoms with E-state index in [4.69, 9.17) is 0 Å². The van der Waals surface area contributed by atoms with Gasteiger partial charge in [-0.05, 0) is 60.9 Å². The molecular weight excluding hydrogens is 230 g/mol. The second-order valence-corrected chi connectivity index (χ2v) is 7.39. The van der Waals surface area contributed by atoms with Crippen molar-refractivity contribution in [2.45, 2.75) is 54.4 Å². The summed E-state index contributed by atoms with van der Waals surface area (Å²) in [7, 11) is 0. The molecule has 0 saturated heterocycles. The van der Waals surface area contributed by atoms with E-state index in [-0.39, 0.29) is 0 Å². The van der Waals surface area contributed by atoms with Crippen LogP contribution in [0, 0.1) is 41.4 Å². The molecule has 0 radical (unpaired) electrons. The van der Waals surface area contributed by atoms with E-state index in [2.05, 4.69) is 46.4 Å². The molecule has 3 fully saturated rings. The van der Waals surface area contributed by atoms with E-state index in [1.807, 2.05) is 0 Å². The summed E-state index contributed by atoms with van der Waals surface area (Å²) in [6, 6.07) is 0. The molecule has 3 aliphatic carbocycles. The van der Waals surface area contributed by atoms with Gasteiger partial charge in [-0.25, -0.2) is 0 Å². The van der Waals surface area contributed by atoms with Gasteiger partial charge in [0, 0.05) is 6.54 Å². The topological polar surface area (TPSA) is 3.24 Å². The Balaban J connectivity index is 2.18. The highest BCUT2D eigenvalue weighted by Gasteiger charge is 2.52. The number of hydrogen-bond acceptors (Lipinski definition) is 1. The van der Waals surface area contributed by atoms with Crippen LogP contribution in [0.2, 0.25) is 0 Å². The number of nitrogens with zero attached hydrogens (tertiary/aromatic N) is 1. The fourth-order valence-electron chi connectivity index (χ4n) is 5.70. The molecule has 7 unspecified atom stereocenters. The highest BCUT2D eigenvalue weighted by Crippen LogP contribution is 2.57. The van der Waals surface area contributed by atoms with Crippen LogP contribution in [0.5, 0.6) is 0 Å². The summed E-state index contributed by atoms with van der Waals surface area (Å²) in [5, 5.41) is 0. The van der Waals surface area contributed by atoms with E-state index in [1.165, 1.54) is 32.5 Å². The number of rotatable bonds is 5. The third kappa shape index (κ3) is 2.60. The lowest BCUT2D eigenvalue weighted by atomic mass is 9.47. The van der Waals surface area contributed by atoms with E-state index in [1.54, 1.807) is 0 Å². The average Bonchev–Trinajstić information content (AvgIpc) is 2.41. The van der Waals surface area contributed by atoms with Crippen LogP contribution >= 0.6 is 0 Å². The quantitative estimate of drug-likeness (QED) is 0.706. The predicted molar refractivity (Wildman–Crippen MR) is 84.1 cm³/mol. The fourth-order valence-corrected chi connectivity index (χ4v) is 5.70. The van der Waals surface area contributed by atoms with Crippen LogP contribution in [0.3, 0.4) is 0 Å². The molecule has 0 aromatic heterocycles. The van der Waals surface area contributed by atoms with Crippen LogP contribution in [0.1, 0.15) is 54.4 Å². The molecule has 0 N–H and O–H groups in total. The van der Waals surface area contributed by atoms with Crippen molar-refractivity contribution < 1.29 is 0 Å². The minimum absolute atomic E-state index is 0.944. The molecule has 112 valence electrons. The van der Waals surface area contributed by atoms with Gasteiger partial charge in [-0.15, -0.1) is 0 Å². The van der Waals surface area contributed by atoms with Gasteiger partial charge in [0.2, 0.25) is 0 Å². The first kappa shape index (κ1) is 15.4. The first-order valence-corrected chi connectivity index (χ1v) is 8.77. The zero-order chi connectivity index (χ0) is 14.2. The number of hydrogen-bond donors (Lipinski definition) is 0. The summed E-state index contributed by atoms with van der Waals surface area (Å²) >= 11 is 0. The van der Waals surface area contributed by atoms with Crippen molar-refractivity contribution in [2.24, 2.45) is 41.4 Å². The van der Waals surface area contributed by atoms with Gasteiger partial charge in [-0.3, -0.25) is 0 Å². The van der Waals surface area contributed by atoms with Crippen LogP contribution in [-0.2, 0) is 0 Å². The first-order chi connectivity index (χ1) is 9.04. The predicted octanol–water partition coefficient (Wildman–Crippen LogP) is 4.53. The van der Waals surface area contributed by atoms with Gasteiger partial charge in [0.1, 0.15) is 0 Å². The van der Waals surface area contributed by atoms with Crippen molar-refractivity contribution >= 4 is 0 Å². The smallest absolute Gasteiger partial charge is 0.00149 e. The Morgan fingerprint density at radius 3 is 2.00 bits per heavy atom. The second kappa shape index (κ2) is 6.16. The van der Waals surface area contributed by atoms with E-state index in [0.29, 0.717) is 0 Å². The van der Waals surface area contributed by atoms with Crippen molar-refractivity contribution in [3.63, 3.8) is 0 Å². The Morgan fingerprint density at radius 1 is 0.895 bits per heavy atom. The second-order valence-electron chi connectivity index (χ2n) is 7.39. The van der Waals surface area contributed by atoms with Crippen molar-refractivity contribution in [2.75, 3.05) is 19.6 Å². The molecule has 1 heteroatoms. The molecule has 0 aromatic rings. The Morgan fingerprint density at radius 2 is 1.47 bits per heavy atom. The van der Waals surface area contributed by atoms with Gasteiger partial charge >= 0.3 is 0 Å². The van der Waals surface area contributed by atoms with Gasteiger partial charge in [0.15, 0.2) is 0 Å². The van der Waals surface area contributed by atoms with Crippen LogP contribution < -0.4 is 0 Å². The molecule has 2 bridgehead atoms. The van der Waals surface area contributed by atoms with Gasteiger partial charge < -0.3 is 4.90 Å². The summed E-state index contributed by atoms with van der Waals surface area (Å²) in [5.74, 6) is 6.79. The van der Waals surface area contributed by atoms with Crippen molar-refractivity contribution in [1.82, 2.24) is 4.90 Å². The van der Waals surface area contributed by atoms with E-state index < -0.39 is 0 Å². The minimum Gasteiger partial charge on any atom is -0.304 e. The lowest BCUT2D eigenvalue weighted by Gasteiger charge is -2.59. The molecule has 7 atom stereocenters. The largest absolute Gasteiger partial charge is 0.304 e. The monoisotopic (exact) mass is 265 g/mol. The maximum atomic E-state index is 2.66. The van der Waals surface area contributed by atoms with Crippen LogP contribution in [-0.4, -0.2) is 24.5 Å². The molecule has 3 rings (SSSR count). The van der Waals surface area contributed by atoms with E-state index in [9.17, 15) is 0 Å². The van der Waals surface area contributed by atoms with Crippen molar-refractivity contribution in [1.29, 1.82) is 0 Å². The maximum Gasteiger partial charge on any atom is 0.00149 e. The zero-order valence-electron chi connectivity index (χ0n) is 14.0. The van der Waals surface area contributed by atoms with Crippen LogP contribution in [0.25, 0.3) is 0 Å². The molecule has 0 heterocycles. The van der Waals surface area contributed by atoms with E-state index in [0.717, 1.165) is 41.4 Å². The third-order valence-electron chi connectivity index (χ3n) is 6.83. The Kier molecular flexibility index (Phi) is 4.98. The molecule has 0 aliphatic heterocycles. The maximum absolute atomic E-state index is 2.66. The first-order valence-electron chi connectivity index (χ1n) is 8.77. The molecule has 19 heavy (non-hydrogen) atoms. The summed E-state index contributed by atoms with van der Waals surface area (Å²) in [4.78, 5) is 2.66. The highest BCUT2D eigenvalue weighted by atomic mass is 15.1. The Bertz CT molecular complexity index is 281. The summed E-state index contributed by atoms with van der Waals surface area (Å²) in [6.07, 6.45) is 2.90. The molecule has 0 spiro atoms. The SMILES string of the molecule is CCC1C(C)C2CC(C)C1C(CN(CC)CC)C2C. The van der Waals surface area contributed by atoms with Crippen molar-refractivity contribution in [3.8, 4) is 0 Å². The summed E-state index contributed by atoms with van der Waals surface area (Å²) < 4.78 is 0. The molecule has 0 amide bonds. The molecular formula is C18H35N. The zero-order valence-corrected chi connectivity index (χ0v) is 14.0. The van der Waals surface area contributed by atoms with Crippen LogP contribution in [0.4, 0.5) is 0 Å². The third-order valence-corrected chi connectivity index (χ3v) is 6.83. The van der Waals surface area contributed by atoms with Gasteiger partial charge in [-0.2, -0.15) is 0 Å².